The summed E-state index contributed by atoms with van der Waals surface area (Å²) in [4.78, 5) is 8.39. The molecular formula is C8H11BrN2S. The van der Waals surface area contributed by atoms with Crippen LogP contribution in [0.15, 0.2) is 15.7 Å². The van der Waals surface area contributed by atoms with Gasteiger partial charge in [0.1, 0.15) is 10.9 Å². The first-order valence-corrected chi connectivity index (χ1v) is 5.64. The lowest BCUT2D eigenvalue weighted by molar-refractivity contribution is 0.949. The first-order valence-electron chi connectivity index (χ1n) is 3.86. The fourth-order valence-electron chi connectivity index (χ4n) is 0.734. The Morgan fingerprint density at radius 2 is 2.33 bits per heavy atom. The molecule has 0 unspecified atom stereocenters. The second-order valence-electron chi connectivity index (χ2n) is 2.42. The molecule has 0 aromatic carbocycles. The SMILES string of the molecule is CCCSc1nc(C)ncc1Br. The number of thioether (sulfide) groups is 1. The van der Waals surface area contributed by atoms with E-state index in [4.69, 9.17) is 0 Å². The van der Waals surface area contributed by atoms with Gasteiger partial charge >= 0.3 is 0 Å². The van der Waals surface area contributed by atoms with E-state index in [1.54, 1.807) is 18.0 Å². The minimum atomic E-state index is 0.830. The third-order valence-corrected chi connectivity index (χ3v) is 3.32. The molecule has 0 atom stereocenters. The molecule has 0 saturated carbocycles. The summed E-state index contributed by atoms with van der Waals surface area (Å²) >= 11 is 5.18. The summed E-state index contributed by atoms with van der Waals surface area (Å²) in [6, 6.07) is 0. The molecule has 0 amide bonds. The number of rotatable bonds is 3. The van der Waals surface area contributed by atoms with E-state index >= 15 is 0 Å². The maximum absolute atomic E-state index is 4.32. The van der Waals surface area contributed by atoms with Crippen molar-refractivity contribution in [2.45, 2.75) is 25.3 Å². The molecule has 66 valence electrons. The lowest BCUT2D eigenvalue weighted by Gasteiger charge is -2.01. The highest BCUT2D eigenvalue weighted by molar-refractivity contribution is 9.10. The number of aromatic nitrogens is 2. The summed E-state index contributed by atoms with van der Waals surface area (Å²) < 4.78 is 0.992. The van der Waals surface area contributed by atoms with Crippen LogP contribution in [0.25, 0.3) is 0 Å². The predicted molar refractivity (Wildman–Crippen MR) is 55.5 cm³/mol. The molecular weight excluding hydrogens is 236 g/mol. The van der Waals surface area contributed by atoms with E-state index in [1.807, 2.05) is 6.92 Å². The van der Waals surface area contributed by atoms with Gasteiger partial charge in [-0.05, 0) is 35.0 Å². The number of hydrogen-bond donors (Lipinski definition) is 0. The van der Waals surface area contributed by atoms with Gasteiger partial charge in [-0.1, -0.05) is 6.92 Å². The second kappa shape index (κ2) is 4.82. The summed E-state index contributed by atoms with van der Waals surface area (Å²) in [5, 5.41) is 1.05. The van der Waals surface area contributed by atoms with Crippen molar-refractivity contribution < 1.29 is 0 Å². The van der Waals surface area contributed by atoms with Crippen molar-refractivity contribution in [3.05, 3.63) is 16.5 Å². The van der Waals surface area contributed by atoms with Crippen LogP contribution >= 0.6 is 27.7 Å². The van der Waals surface area contributed by atoms with E-state index in [9.17, 15) is 0 Å². The molecule has 0 fully saturated rings. The first-order chi connectivity index (χ1) is 5.74. The maximum Gasteiger partial charge on any atom is 0.126 e. The largest absolute Gasteiger partial charge is 0.240 e. The minimum absolute atomic E-state index is 0.830. The zero-order valence-corrected chi connectivity index (χ0v) is 9.57. The van der Waals surface area contributed by atoms with E-state index in [0.29, 0.717) is 0 Å². The van der Waals surface area contributed by atoms with Crippen molar-refractivity contribution in [1.82, 2.24) is 9.97 Å². The molecule has 0 saturated heterocycles. The molecule has 1 heterocycles. The van der Waals surface area contributed by atoms with E-state index in [2.05, 4.69) is 32.8 Å². The van der Waals surface area contributed by atoms with Crippen LogP contribution in [-0.4, -0.2) is 15.7 Å². The quantitative estimate of drug-likeness (QED) is 0.606. The molecule has 0 radical (unpaired) electrons. The third kappa shape index (κ3) is 2.75. The average Bonchev–Trinajstić information content (AvgIpc) is 2.07. The lowest BCUT2D eigenvalue weighted by Crippen LogP contribution is -1.90. The van der Waals surface area contributed by atoms with Crippen LogP contribution in [0.1, 0.15) is 19.2 Å². The number of halogens is 1. The van der Waals surface area contributed by atoms with E-state index in [1.165, 1.54) is 6.42 Å². The fraction of sp³-hybridized carbons (Fsp3) is 0.500. The molecule has 0 spiro atoms. The summed E-state index contributed by atoms with van der Waals surface area (Å²) in [5.74, 6) is 1.94. The molecule has 0 N–H and O–H groups in total. The fourth-order valence-corrected chi connectivity index (χ4v) is 2.05. The van der Waals surface area contributed by atoms with Crippen molar-refractivity contribution in [2.75, 3.05) is 5.75 Å². The molecule has 0 aliphatic carbocycles. The Labute approximate surface area is 85.3 Å². The Bertz CT molecular complexity index is 265. The van der Waals surface area contributed by atoms with Crippen LogP contribution in [0.3, 0.4) is 0 Å². The van der Waals surface area contributed by atoms with Gasteiger partial charge in [0.25, 0.3) is 0 Å². The summed E-state index contributed by atoms with van der Waals surface area (Å²) in [6.45, 7) is 4.07. The van der Waals surface area contributed by atoms with E-state index < -0.39 is 0 Å². The summed E-state index contributed by atoms with van der Waals surface area (Å²) in [7, 11) is 0. The topological polar surface area (TPSA) is 25.8 Å². The van der Waals surface area contributed by atoms with E-state index in [-0.39, 0.29) is 0 Å². The molecule has 1 rings (SSSR count). The number of aryl methyl sites for hydroxylation is 1. The molecule has 0 aliphatic heterocycles. The molecule has 0 bridgehead atoms. The molecule has 0 aliphatic rings. The maximum atomic E-state index is 4.32. The third-order valence-electron chi connectivity index (χ3n) is 1.28. The van der Waals surface area contributed by atoms with Gasteiger partial charge in [0, 0.05) is 6.20 Å². The zero-order chi connectivity index (χ0) is 8.97. The van der Waals surface area contributed by atoms with Crippen molar-refractivity contribution in [3.8, 4) is 0 Å². The van der Waals surface area contributed by atoms with Gasteiger partial charge in [0.05, 0.1) is 4.47 Å². The molecule has 1 aromatic heterocycles. The van der Waals surface area contributed by atoms with Gasteiger partial charge < -0.3 is 0 Å². The van der Waals surface area contributed by atoms with Crippen molar-refractivity contribution in [3.63, 3.8) is 0 Å². The Kier molecular flexibility index (Phi) is 4.01. The number of nitrogens with zero attached hydrogens (tertiary/aromatic N) is 2. The van der Waals surface area contributed by atoms with Crippen LogP contribution in [-0.2, 0) is 0 Å². The molecule has 2 nitrogen and oxygen atoms in total. The standard InChI is InChI=1S/C8H11BrN2S/c1-3-4-12-8-7(9)5-10-6(2)11-8/h5H,3-4H2,1-2H3. The van der Waals surface area contributed by atoms with Gasteiger partial charge in [0.2, 0.25) is 0 Å². The van der Waals surface area contributed by atoms with Gasteiger partial charge in [-0.25, -0.2) is 9.97 Å². The average molecular weight is 247 g/mol. The van der Waals surface area contributed by atoms with Crippen LogP contribution in [0, 0.1) is 6.92 Å². The smallest absolute Gasteiger partial charge is 0.126 e. The van der Waals surface area contributed by atoms with Gasteiger partial charge in [-0.3, -0.25) is 0 Å². The second-order valence-corrected chi connectivity index (χ2v) is 4.36. The summed E-state index contributed by atoms with van der Waals surface area (Å²) in [5.41, 5.74) is 0. The highest BCUT2D eigenvalue weighted by Crippen LogP contribution is 2.24. The Morgan fingerprint density at radius 1 is 1.58 bits per heavy atom. The van der Waals surface area contributed by atoms with Crippen molar-refractivity contribution >= 4 is 27.7 Å². The first kappa shape index (κ1) is 9.99. The Morgan fingerprint density at radius 3 is 3.00 bits per heavy atom. The van der Waals surface area contributed by atoms with Crippen molar-refractivity contribution in [2.24, 2.45) is 0 Å². The van der Waals surface area contributed by atoms with Crippen molar-refractivity contribution in [1.29, 1.82) is 0 Å². The van der Waals surface area contributed by atoms with Crippen LogP contribution in [0.5, 0.6) is 0 Å². The normalized spacial score (nSPS) is 10.2. The molecule has 12 heavy (non-hydrogen) atoms. The minimum Gasteiger partial charge on any atom is -0.240 e. The van der Waals surface area contributed by atoms with E-state index in [0.717, 1.165) is 21.1 Å². The van der Waals surface area contributed by atoms with Gasteiger partial charge in [-0.15, -0.1) is 11.8 Å². The number of hydrogen-bond acceptors (Lipinski definition) is 3. The Balaban J connectivity index is 2.75. The monoisotopic (exact) mass is 246 g/mol. The molecule has 1 aromatic rings. The molecule has 4 heteroatoms. The van der Waals surface area contributed by atoms with Crippen LogP contribution in [0.2, 0.25) is 0 Å². The predicted octanol–water partition coefficient (Wildman–Crippen LogP) is 3.05. The highest BCUT2D eigenvalue weighted by Gasteiger charge is 2.01. The lowest BCUT2D eigenvalue weighted by atomic mass is 10.6. The van der Waals surface area contributed by atoms with Gasteiger partial charge in [-0.2, -0.15) is 0 Å². The Hall–Kier alpha value is -0.0900. The zero-order valence-electron chi connectivity index (χ0n) is 7.17. The van der Waals surface area contributed by atoms with Crippen LogP contribution in [0.4, 0.5) is 0 Å². The summed E-state index contributed by atoms with van der Waals surface area (Å²) in [6.07, 6.45) is 2.97. The van der Waals surface area contributed by atoms with Gasteiger partial charge in [0.15, 0.2) is 0 Å². The van der Waals surface area contributed by atoms with Crippen LogP contribution < -0.4 is 0 Å². The highest BCUT2D eigenvalue weighted by atomic mass is 79.9.